The van der Waals surface area contributed by atoms with Gasteiger partial charge >= 0.3 is 5.97 Å². The number of hydrogen-bond acceptors (Lipinski definition) is 7. The third-order valence-electron chi connectivity index (χ3n) is 4.65. The molecule has 0 saturated carbocycles. The molecule has 1 saturated heterocycles. The molecule has 0 spiro atoms. The Kier molecular flexibility index (Phi) is 6.63. The average Bonchev–Trinajstić information content (AvgIpc) is 2.76. The normalized spacial score (nSPS) is 20.3. The van der Waals surface area contributed by atoms with E-state index in [0.717, 1.165) is 16.0 Å². The smallest absolute Gasteiger partial charge is 0.326 e. The number of hydrogen-bond donors (Lipinski definition) is 3. The van der Waals surface area contributed by atoms with Gasteiger partial charge in [-0.25, -0.2) is 0 Å². The first-order chi connectivity index (χ1) is 14.3. The molecule has 0 unspecified atom stereocenters. The molecule has 0 radical (unpaired) electrons. The van der Waals surface area contributed by atoms with Crippen LogP contribution in [0.25, 0.3) is 0 Å². The zero-order chi connectivity index (χ0) is 21.7. The number of carbonyl (C=O) groups is 3. The van der Waals surface area contributed by atoms with Crippen LogP contribution in [0.15, 0.2) is 54.6 Å². The topological polar surface area (TPSA) is 105 Å². The fraction of sp³-hybridized carbons (Fsp3) is 0.286. The van der Waals surface area contributed by atoms with Gasteiger partial charge in [0.05, 0.1) is 13.5 Å². The lowest BCUT2D eigenvalue weighted by molar-refractivity contribution is -0.191. The summed E-state index contributed by atoms with van der Waals surface area (Å²) in [7, 11) is 1.55. The molecule has 0 aromatic heterocycles. The summed E-state index contributed by atoms with van der Waals surface area (Å²) >= 11 is 4.17. The summed E-state index contributed by atoms with van der Waals surface area (Å²) in [5.74, 6) is -1.32. The summed E-state index contributed by atoms with van der Waals surface area (Å²) in [4.78, 5) is 37.6. The minimum atomic E-state index is -2.16. The molecule has 0 bridgehead atoms. The number of β-lactam (4-membered cyclic amide) rings is 1. The lowest BCUT2D eigenvalue weighted by Gasteiger charge is -2.49. The highest BCUT2D eigenvalue weighted by Gasteiger charge is 2.60. The van der Waals surface area contributed by atoms with Crippen LogP contribution >= 0.6 is 12.6 Å². The number of esters is 1. The molecule has 2 atom stereocenters. The summed E-state index contributed by atoms with van der Waals surface area (Å²) in [5.41, 5.74) is -0.670. The van der Waals surface area contributed by atoms with E-state index in [1.165, 1.54) is 0 Å². The Bertz CT molecular complexity index is 921. The number of nitrogens with zero attached hydrogens (tertiary/aromatic N) is 1. The van der Waals surface area contributed by atoms with Crippen molar-refractivity contribution in [2.24, 2.45) is 0 Å². The molecular weight excluding hydrogens is 408 g/mol. The zero-order valence-electron chi connectivity index (χ0n) is 16.3. The maximum atomic E-state index is 12.4. The molecule has 2 amide bonds. The lowest BCUT2D eigenvalue weighted by Crippen LogP contribution is -2.79. The van der Waals surface area contributed by atoms with Crippen LogP contribution < -0.4 is 10.1 Å². The maximum absolute atomic E-state index is 12.4. The molecule has 2 aromatic carbocycles. The van der Waals surface area contributed by atoms with Crippen molar-refractivity contribution in [1.82, 2.24) is 10.2 Å². The molecule has 3 rings (SSSR count). The second-order valence-electron chi connectivity index (χ2n) is 6.79. The Hall–Kier alpha value is -3.04. The predicted molar refractivity (Wildman–Crippen MR) is 111 cm³/mol. The second-order valence-corrected chi connectivity index (χ2v) is 7.28. The van der Waals surface area contributed by atoms with Gasteiger partial charge in [-0.1, -0.05) is 42.5 Å². The van der Waals surface area contributed by atoms with Gasteiger partial charge < -0.3 is 24.8 Å². The van der Waals surface area contributed by atoms with E-state index in [0.29, 0.717) is 5.75 Å². The molecule has 2 aromatic rings. The van der Waals surface area contributed by atoms with Gasteiger partial charge in [0.15, 0.2) is 0 Å². The Morgan fingerprint density at radius 3 is 2.40 bits per heavy atom. The molecule has 9 heteroatoms. The Labute approximate surface area is 179 Å². The van der Waals surface area contributed by atoms with Gasteiger partial charge in [-0.2, -0.15) is 0 Å². The van der Waals surface area contributed by atoms with E-state index in [1.54, 1.807) is 55.6 Å². The number of methoxy groups -OCH3 is 1. The monoisotopic (exact) mass is 430 g/mol. The van der Waals surface area contributed by atoms with Gasteiger partial charge in [-0.3, -0.25) is 14.4 Å². The molecule has 0 aliphatic carbocycles. The van der Waals surface area contributed by atoms with Gasteiger partial charge in [0.25, 0.3) is 5.91 Å². The maximum Gasteiger partial charge on any atom is 0.326 e. The van der Waals surface area contributed by atoms with Gasteiger partial charge in [-0.05, 0) is 23.3 Å². The SMILES string of the molecule is COc1ccc(COC(=O)CN2C(=O)[C@](O)(NC(=O)Cc3ccccc3)[C@H]2S)cc1. The van der Waals surface area contributed by atoms with E-state index in [1.807, 2.05) is 6.07 Å². The molecule has 1 heterocycles. The molecule has 1 aliphatic heterocycles. The first-order valence-corrected chi connectivity index (χ1v) is 9.70. The number of likely N-dealkylation sites (tertiary alicyclic amines) is 1. The number of carbonyl (C=O) groups excluding carboxylic acids is 3. The molecular formula is C21H22N2O6S. The van der Waals surface area contributed by atoms with E-state index in [2.05, 4.69) is 17.9 Å². The largest absolute Gasteiger partial charge is 0.497 e. The van der Waals surface area contributed by atoms with Crippen molar-refractivity contribution in [1.29, 1.82) is 0 Å². The van der Waals surface area contributed by atoms with Crippen molar-refractivity contribution in [2.45, 2.75) is 24.1 Å². The number of thiol groups is 1. The number of rotatable bonds is 8. The van der Waals surface area contributed by atoms with E-state index in [4.69, 9.17) is 9.47 Å². The Morgan fingerprint density at radius 2 is 1.80 bits per heavy atom. The molecule has 2 N–H and O–H groups in total. The Morgan fingerprint density at radius 1 is 1.13 bits per heavy atom. The van der Waals surface area contributed by atoms with Crippen LogP contribution in [0.1, 0.15) is 11.1 Å². The van der Waals surface area contributed by atoms with E-state index in [-0.39, 0.29) is 19.6 Å². The minimum absolute atomic E-state index is 0.000824. The minimum Gasteiger partial charge on any atom is -0.497 e. The molecule has 8 nitrogen and oxygen atoms in total. The number of amides is 2. The zero-order valence-corrected chi connectivity index (χ0v) is 17.2. The fourth-order valence-corrected chi connectivity index (χ4v) is 3.35. The third-order valence-corrected chi connectivity index (χ3v) is 5.30. The van der Waals surface area contributed by atoms with Crippen molar-refractivity contribution >= 4 is 30.4 Å². The summed E-state index contributed by atoms with van der Waals surface area (Å²) in [6.07, 6.45) is 0.000824. The van der Waals surface area contributed by atoms with E-state index >= 15 is 0 Å². The highest BCUT2D eigenvalue weighted by atomic mass is 32.1. The highest BCUT2D eigenvalue weighted by Crippen LogP contribution is 2.31. The van der Waals surface area contributed by atoms with Gasteiger partial charge in [0, 0.05) is 0 Å². The second kappa shape index (κ2) is 9.19. The summed E-state index contributed by atoms with van der Waals surface area (Å²) < 4.78 is 10.2. The number of aliphatic hydroxyl groups is 1. The first-order valence-electron chi connectivity index (χ1n) is 9.18. The van der Waals surface area contributed by atoms with Crippen LogP contribution in [-0.4, -0.2) is 52.5 Å². The average molecular weight is 430 g/mol. The van der Waals surface area contributed by atoms with Crippen LogP contribution in [0.3, 0.4) is 0 Å². The van der Waals surface area contributed by atoms with Gasteiger partial charge in [0.2, 0.25) is 11.6 Å². The number of ether oxygens (including phenoxy) is 2. The van der Waals surface area contributed by atoms with Crippen molar-refractivity contribution in [3.05, 3.63) is 65.7 Å². The third kappa shape index (κ3) is 4.74. The first kappa shape index (κ1) is 21.7. The predicted octanol–water partition coefficient (Wildman–Crippen LogP) is 0.884. The summed E-state index contributed by atoms with van der Waals surface area (Å²) in [6, 6.07) is 15.9. The summed E-state index contributed by atoms with van der Waals surface area (Å²) in [5, 5.41) is 11.7. The van der Waals surface area contributed by atoms with Gasteiger partial charge in [0.1, 0.15) is 24.3 Å². The molecule has 1 aliphatic rings. The highest BCUT2D eigenvalue weighted by molar-refractivity contribution is 7.81. The van der Waals surface area contributed by atoms with Crippen molar-refractivity contribution in [2.75, 3.05) is 13.7 Å². The number of benzene rings is 2. The van der Waals surface area contributed by atoms with Crippen LogP contribution in [-0.2, 0) is 32.1 Å². The van der Waals surface area contributed by atoms with Crippen molar-refractivity contribution < 1.29 is 29.0 Å². The summed E-state index contributed by atoms with van der Waals surface area (Å²) in [6.45, 7) is -0.361. The van der Waals surface area contributed by atoms with Crippen LogP contribution in [0, 0.1) is 0 Å². The van der Waals surface area contributed by atoms with Crippen molar-refractivity contribution in [3.8, 4) is 5.75 Å². The lowest BCUT2D eigenvalue weighted by atomic mass is 10.0. The van der Waals surface area contributed by atoms with Crippen LogP contribution in [0.4, 0.5) is 0 Å². The Balaban J connectivity index is 1.49. The molecule has 30 heavy (non-hydrogen) atoms. The van der Waals surface area contributed by atoms with E-state index < -0.39 is 28.9 Å². The van der Waals surface area contributed by atoms with Crippen LogP contribution in [0.2, 0.25) is 0 Å². The van der Waals surface area contributed by atoms with Crippen LogP contribution in [0.5, 0.6) is 5.75 Å². The molecule has 1 fully saturated rings. The molecule has 158 valence electrons. The quantitative estimate of drug-likeness (QED) is 0.249. The standard InChI is InChI=1S/C21H22N2O6S/c1-28-16-9-7-15(8-10-16)13-29-18(25)12-23-19(26)21(27,20(23)30)22-17(24)11-14-5-3-2-4-6-14/h2-10,20,27,30H,11-13H2,1H3,(H,22,24)/t20-,21-/m1/s1. The number of nitrogens with one attached hydrogen (secondary N) is 1. The van der Waals surface area contributed by atoms with Gasteiger partial charge in [-0.15, -0.1) is 12.6 Å². The fourth-order valence-electron chi connectivity index (χ4n) is 2.98. The van der Waals surface area contributed by atoms with Crippen molar-refractivity contribution in [3.63, 3.8) is 0 Å². The van der Waals surface area contributed by atoms with E-state index in [9.17, 15) is 19.5 Å².